The lowest BCUT2D eigenvalue weighted by atomic mass is 9.91. The van der Waals surface area contributed by atoms with E-state index in [1.807, 2.05) is 54.6 Å². The van der Waals surface area contributed by atoms with E-state index >= 15 is 0 Å². The van der Waals surface area contributed by atoms with E-state index in [-0.39, 0.29) is 6.42 Å². The summed E-state index contributed by atoms with van der Waals surface area (Å²) in [6.07, 6.45) is 1.56. The van der Waals surface area contributed by atoms with Crippen molar-refractivity contribution >= 4 is 39.2 Å². The molecule has 0 saturated carbocycles. The molecule has 0 aliphatic rings. The molecule has 28 heavy (non-hydrogen) atoms. The van der Waals surface area contributed by atoms with Gasteiger partial charge in [0.1, 0.15) is 0 Å². The first-order valence-electron chi connectivity index (χ1n) is 8.89. The number of hydrogen-bond donors (Lipinski definition) is 2. The van der Waals surface area contributed by atoms with Crippen LogP contribution < -0.4 is 16.2 Å². The van der Waals surface area contributed by atoms with Gasteiger partial charge in [-0.05, 0) is 44.9 Å². The molecular formula is C22H19N3O2S. The maximum atomic E-state index is 12.2. The molecule has 4 N–H and O–H groups in total. The zero-order valence-corrected chi connectivity index (χ0v) is 15.9. The molecule has 4 rings (SSSR count). The van der Waals surface area contributed by atoms with Gasteiger partial charge in [-0.15, -0.1) is 0 Å². The molecule has 0 bridgehead atoms. The smallest absolute Gasteiger partial charge is 0.256 e. The first kappa shape index (κ1) is 18.3. The van der Waals surface area contributed by atoms with Crippen LogP contribution in [0.15, 0.2) is 82.8 Å². The second-order valence-electron chi connectivity index (χ2n) is 6.58. The lowest BCUT2D eigenvalue weighted by Gasteiger charge is -2.19. The Bertz CT molecular complexity index is 1140. The Morgan fingerprint density at radius 1 is 0.929 bits per heavy atom. The maximum absolute atomic E-state index is 12.2. The molecule has 0 fully saturated rings. The average molecular weight is 389 g/mol. The van der Waals surface area contributed by atoms with Gasteiger partial charge in [0.2, 0.25) is 5.91 Å². The van der Waals surface area contributed by atoms with Crippen molar-refractivity contribution in [2.24, 2.45) is 11.5 Å². The van der Waals surface area contributed by atoms with Gasteiger partial charge in [-0.3, -0.25) is 4.79 Å². The zero-order chi connectivity index (χ0) is 19.7. The first-order chi connectivity index (χ1) is 13.6. The number of carbonyl (C=O) groups is 1. The highest BCUT2D eigenvalue weighted by molar-refractivity contribution is 7.99. The van der Waals surface area contributed by atoms with Crippen molar-refractivity contribution in [1.82, 2.24) is 0 Å². The van der Waals surface area contributed by atoms with Crippen LogP contribution in [0.2, 0.25) is 0 Å². The molecule has 3 aromatic carbocycles. The highest BCUT2D eigenvalue weighted by atomic mass is 32.2. The van der Waals surface area contributed by atoms with Crippen LogP contribution in [0.5, 0.6) is 0 Å². The van der Waals surface area contributed by atoms with Crippen molar-refractivity contribution in [1.29, 1.82) is 0 Å². The van der Waals surface area contributed by atoms with Gasteiger partial charge < -0.3 is 16.7 Å². The molecule has 4 aromatic rings. The number of primary amides is 1. The molecule has 0 aliphatic carbocycles. The molecule has 1 unspecified atom stereocenters. The zero-order valence-electron chi connectivity index (χ0n) is 15.0. The Balaban J connectivity index is 2.03. The lowest BCUT2D eigenvalue weighted by molar-refractivity contribution is -0.645. The van der Waals surface area contributed by atoms with Gasteiger partial charge >= 0.3 is 0 Å². The third kappa shape index (κ3) is 3.28. The van der Waals surface area contributed by atoms with Gasteiger partial charge in [-0.25, -0.2) is 0 Å². The second kappa shape index (κ2) is 7.50. The number of pyridine rings is 1. The van der Waals surface area contributed by atoms with E-state index in [1.165, 1.54) is 18.0 Å². The molecule has 6 heteroatoms. The molecule has 140 valence electrons. The Kier molecular flexibility index (Phi) is 4.90. The van der Waals surface area contributed by atoms with E-state index in [9.17, 15) is 10.0 Å². The summed E-state index contributed by atoms with van der Waals surface area (Å²) in [5.74, 6) is -0.434. The minimum Gasteiger partial charge on any atom is -0.618 e. The Hall–Kier alpha value is -3.09. The SMILES string of the molecule is NC(=O)CC(N)c1c2ccccc2c(Sc2cccc[n+]2[O-])c2ccccc12. The summed E-state index contributed by atoms with van der Waals surface area (Å²) in [6, 6.07) is 20.7. The molecule has 0 spiro atoms. The third-order valence-corrected chi connectivity index (χ3v) is 5.88. The van der Waals surface area contributed by atoms with Gasteiger partial charge in [0.05, 0.1) is 0 Å². The molecule has 1 heterocycles. The third-order valence-electron chi connectivity index (χ3n) is 4.71. The summed E-state index contributed by atoms with van der Waals surface area (Å²) in [5, 5.41) is 16.7. The summed E-state index contributed by atoms with van der Waals surface area (Å²) in [5.41, 5.74) is 12.7. The summed E-state index contributed by atoms with van der Waals surface area (Å²) >= 11 is 1.43. The summed E-state index contributed by atoms with van der Waals surface area (Å²) in [6.45, 7) is 0. The minimum atomic E-state index is -0.507. The quantitative estimate of drug-likeness (QED) is 0.309. The summed E-state index contributed by atoms with van der Waals surface area (Å²) < 4.78 is 0.862. The van der Waals surface area contributed by atoms with E-state index in [4.69, 9.17) is 11.5 Å². The topological polar surface area (TPSA) is 96.0 Å². The van der Waals surface area contributed by atoms with Crippen LogP contribution in [-0.4, -0.2) is 5.91 Å². The second-order valence-corrected chi connectivity index (χ2v) is 7.61. The number of nitrogens with zero attached hydrogens (tertiary/aromatic N) is 1. The monoisotopic (exact) mass is 389 g/mol. The van der Waals surface area contributed by atoms with Crippen molar-refractivity contribution in [3.8, 4) is 0 Å². The Labute approximate surface area is 166 Å². The van der Waals surface area contributed by atoms with Crippen molar-refractivity contribution in [2.75, 3.05) is 0 Å². The fourth-order valence-corrected chi connectivity index (χ4v) is 4.63. The van der Waals surface area contributed by atoms with E-state index in [2.05, 4.69) is 0 Å². The van der Waals surface area contributed by atoms with E-state index in [1.54, 1.807) is 12.1 Å². The fraction of sp³-hybridized carbons (Fsp3) is 0.0909. The average Bonchev–Trinajstić information content (AvgIpc) is 2.68. The molecule has 0 saturated heterocycles. The van der Waals surface area contributed by atoms with Crippen LogP contribution >= 0.6 is 11.8 Å². The molecular weight excluding hydrogens is 370 g/mol. The molecule has 0 radical (unpaired) electrons. The Morgan fingerprint density at radius 3 is 2.00 bits per heavy atom. The molecule has 1 atom stereocenters. The Morgan fingerprint density at radius 2 is 1.46 bits per heavy atom. The summed E-state index contributed by atoms with van der Waals surface area (Å²) in [7, 11) is 0. The fourth-order valence-electron chi connectivity index (χ4n) is 3.55. The van der Waals surface area contributed by atoms with Gasteiger partial charge in [0.25, 0.3) is 5.03 Å². The van der Waals surface area contributed by atoms with E-state index in [0.29, 0.717) is 5.03 Å². The normalized spacial score (nSPS) is 12.3. The molecule has 1 amide bonds. The van der Waals surface area contributed by atoms with Crippen LogP contribution in [0.4, 0.5) is 0 Å². The lowest BCUT2D eigenvalue weighted by Crippen LogP contribution is -2.27. The van der Waals surface area contributed by atoms with Gasteiger partial charge in [-0.1, -0.05) is 48.5 Å². The van der Waals surface area contributed by atoms with E-state index < -0.39 is 11.9 Å². The number of hydrogen-bond acceptors (Lipinski definition) is 4. The van der Waals surface area contributed by atoms with Crippen LogP contribution in [-0.2, 0) is 4.79 Å². The van der Waals surface area contributed by atoms with Crippen molar-refractivity contribution in [2.45, 2.75) is 22.4 Å². The number of rotatable bonds is 5. The largest absolute Gasteiger partial charge is 0.618 e. The van der Waals surface area contributed by atoms with Crippen molar-refractivity contribution in [3.63, 3.8) is 0 Å². The predicted octanol–water partition coefficient (Wildman–Crippen LogP) is 3.65. The number of carbonyl (C=O) groups excluding carboxylic acids is 1. The standard InChI is InChI=1S/C22H19N3O2S/c23-18(13-19(24)26)21-14-7-1-3-9-16(14)22(17-10-4-2-8-15(17)21)28-20-11-5-6-12-25(20)27/h1-12,18H,13,23H2,(H2,24,26). The number of aromatic nitrogens is 1. The molecule has 1 aromatic heterocycles. The summed E-state index contributed by atoms with van der Waals surface area (Å²) in [4.78, 5) is 12.5. The van der Waals surface area contributed by atoms with Gasteiger partial charge in [-0.2, -0.15) is 4.73 Å². The van der Waals surface area contributed by atoms with Gasteiger partial charge in [0, 0.05) is 29.5 Å². The number of amides is 1. The van der Waals surface area contributed by atoms with Crippen LogP contribution in [0.25, 0.3) is 21.5 Å². The minimum absolute atomic E-state index is 0.0692. The van der Waals surface area contributed by atoms with E-state index in [0.717, 1.165) is 36.7 Å². The molecule has 0 aliphatic heterocycles. The highest BCUT2D eigenvalue weighted by Crippen LogP contribution is 2.42. The highest BCUT2D eigenvalue weighted by Gasteiger charge is 2.21. The number of nitrogens with two attached hydrogens (primary N) is 2. The van der Waals surface area contributed by atoms with Gasteiger partial charge in [0.15, 0.2) is 6.20 Å². The van der Waals surface area contributed by atoms with Crippen LogP contribution in [0, 0.1) is 5.21 Å². The van der Waals surface area contributed by atoms with Crippen molar-refractivity contribution in [3.05, 3.63) is 83.7 Å². The predicted molar refractivity (Wildman–Crippen MR) is 112 cm³/mol. The number of benzene rings is 3. The molecule has 5 nitrogen and oxygen atoms in total. The van der Waals surface area contributed by atoms with Crippen LogP contribution in [0.3, 0.4) is 0 Å². The first-order valence-corrected chi connectivity index (χ1v) is 9.71. The number of fused-ring (bicyclic) bond motifs is 2. The van der Waals surface area contributed by atoms with Crippen LogP contribution in [0.1, 0.15) is 18.0 Å². The van der Waals surface area contributed by atoms with Crippen molar-refractivity contribution < 1.29 is 9.52 Å². The maximum Gasteiger partial charge on any atom is 0.256 e.